The van der Waals surface area contributed by atoms with E-state index in [-0.39, 0.29) is 90.5 Å². The van der Waals surface area contributed by atoms with Gasteiger partial charge < -0.3 is 55.7 Å². The summed E-state index contributed by atoms with van der Waals surface area (Å²) in [5, 5.41) is 64.7. The number of ether oxygens (including phenoxy) is 3. The summed E-state index contributed by atoms with van der Waals surface area (Å²) >= 11 is 0. The highest BCUT2D eigenvalue weighted by Gasteiger charge is 2.50. The molecule has 2 heterocycles. The number of hydrogen-bond acceptors (Lipinski definition) is 17. The van der Waals surface area contributed by atoms with Crippen molar-refractivity contribution >= 4 is 58.5 Å². The number of alkyl carbamates (subject to hydrolysis) is 1. The number of fused-ring (bicyclic) bond motifs is 3. The Bertz CT molecular complexity index is 3160. The van der Waals surface area contributed by atoms with Crippen LogP contribution in [0.2, 0.25) is 0 Å². The molecule has 2 aliphatic carbocycles. The molecule has 21 heteroatoms. The quantitative estimate of drug-likeness (QED) is 0.0201. The molecule has 0 spiro atoms. The molecule has 0 radical (unpaired) electrons. The number of aryl methyl sites for hydroxylation is 1. The van der Waals surface area contributed by atoms with E-state index in [1.54, 1.807) is 43.3 Å². The highest BCUT2D eigenvalue weighted by atomic mass is 16.7. The van der Waals surface area contributed by atoms with Crippen molar-refractivity contribution in [1.29, 1.82) is 0 Å². The molecule has 2 aliphatic heterocycles. The Morgan fingerprint density at radius 1 is 0.831 bits per heavy atom. The minimum Gasteiger partial charge on any atom is -0.507 e. The minimum absolute atomic E-state index is 0.0125. The predicted molar refractivity (Wildman–Crippen MR) is 298 cm³/mol. The van der Waals surface area contributed by atoms with Gasteiger partial charge in [0.1, 0.15) is 36.4 Å². The van der Waals surface area contributed by atoms with Gasteiger partial charge in [-0.1, -0.05) is 93.3 Å². The third kappa shape index (κ3) is 14.1. The SMILES string of the molecule is CCCCC[C@H](CC(=O)C(Cc1ccccc1)NC(=O)CCCCCN1C(=O)C=CC1=O)C(=O)Nc1ccc(COC(=O)N[C@H]2CC(OC3CC(O)(C(=O)CO)Cc4c(O)c5c(c(O)c43)C(=O)c3c(C)cccc3C5=O)O[C@@H](C)[C@H]2O)cc1. The summed E-state index contributed by atoms with van der Waals surface area (Å²) in [6.45, 7) is 4.04. The van der Waals surface area contributed by atoms with E-state index in [4.69, 9.17) is 14.2 Å². The zero-order chi connectivity index (χ0) is 59.7. The second-order valence-corrected chi connectivity index (χ2v) is 21.8. The number of nitrogens with one attached hydrogen (secondary N) is 3. The maximum absolute atomic E-state index is 14.1. The van der Waals surface area contributed by atoms with E-state index in [1.165, 1.54) is 25.1 Å². The Morgan fingerprint density at radius 3 is 2.24 bits per heavy atom. The molecule has 4 aliphatic rings. The average Bonchev–Trinajstić information content (AvgIpc) is 1.48. The zero-order valence-electron chi connectivity index (χ0n) is 46.5. The first kappa shape index (κ1) is 61.1. The molecule has 0 saturated carbocycles. The molecule has 5 amide bonds. The topological polar surface area (TPSA) is 322 Å². The van der Waals surface area contributed by atoms with E-state index in [1.807, 2.05) is 37.3 Å². The number of hydrogen-bond donors (Lipinski definition) is 8. The van der Waals surface area contributed by atoms with Crippen molar-refractivity contribution in [3.63, 3.8) is 0 Å². The second kappa shape index (κ2) is 27.0. The summed E-state index contributed by atoms with van der Waals surface area (Å²) in [5.74, 6) is -6.51. The van der Waals surface area contributed by atoms with Crippen LogP contribution in [0, 0.1) is 12.8 Å². The van der Waals surface area contributed by atoms with Crippen LogP contribution in [-0.4, -0.2) is 133 Å². The third-order valence-electron chi connectivity index (χ3n) is 15.8. The van der Waals surface area contributed by atoms with Crippen molar-refractivity contribution in [2.75, 3.05) is 18.5 Å². The lowest BCUT2D eigenvalue weighted by Gasteiger charge is -2.42. The molecule has 4 unspecified atom stereocenters. The van der Waals surface area contributed by atoms with Gasteiger partial charge in [0.25, 0.3) is 11.8 Å². The van der Waals surface area contributed by atoms with E-state index in [2.05, 4.69) is 16.0 Å². The largest absolute Gasteiger partial charge is 0.507 e. The number of benzene rings is 4. The molecule has 440 valence electrons. The maximum Gasteiger partial charge on any atom is 0.407 e. The van der Waals surface area contributed by atoms with E-state index in [0.717, 1.165) is 23.3 Å². The molecule has 21 nitrogen and oxygen atoms in total. The van der Waals surface area contributed by atoms with Gasteiger partial charge in [-0.3, -0.25) is 43.3 Å². The fraction of sp³-hybridized carbons (Fsp3) is 0.435. The van der Waals surface area contributed by atoms with Gasteiger partial charge in [0.2, 0.25) is 11.8 Å². The Labute approximate surface area is 479 Å². The van der Waals surface area contributed by atoms with Crippen molar-refractivity contribution in [2.24, 2.45) is 5.92 Å². The number of carbonyl (C=O) groups excluding carboxylic acids is 9. The number of nitrogens with zero attached hydrogens (tertiary/aromatic N) is 1. The number of carbonyl (C=O) groups is 9. The average molecular weight is 1140 g/mol. The number of ketones is 4. The Kier molecular flexibility index (Phi) is 19.9. The molecule has 0 bridgehead atoms. The Morgan fingerprint density at radius 2 is 1.54 bits per heavy atom. The van der Waals surface area contributed by atoms with E-state index < -0.39 is 114 Å². The van der Waals surface area contributed by atoms with Crippen LogP contribution >= 0.6 is 0 Å². The van der Waals surface area contributed by atoms with E-state index in [9.17, 15) is 68.7 Å². The van der Waals surface area contributed by atoms with Crippen LogP contribution in [0.4, 0.5) is 10.5 Å². The van der Waals surface area contributed by atoms with Crippen LogP contribution in [0.15, 0.2) is 84.9 Å². The molecule has 1 saturated heterocycles. The molecular formula is C62H70N4O17. The number of aromatic hydroxyl groups is 2. The van der Waals surface area contributed by atoms with Crippen molar-refractivity contribution in [1.82, 2.24) is 15.5 Å². The molecule has 1 fully saturated rings. The van der Waals surface area contributed by atoms with Crippen molar-refractivity contribution in [2.45, 2.75) is 153 Å². The summed E-state index contributed by atoms with van der Waals surface area (Å²) in [6.07, 6.45) is -0.540. The number of phenols is 2. The number of Topliss-reactive ketones (excluding diaryl/α,β-unsaturated/α-hetero) is 2. The van der Waals surface area contributed by atoms with Gasteiger partial charge in [-0.25, -0.2) is 4.79 Å². The minimum atomic E-state index is -2.39. The number of anilines is 1. The summed E-state index contributed by atoms with van der Waals surface area (Å²) in [7, 11) is 0. The van der Waals surface area contributed by atoms with Crippen LogP contribution in [0.3, 0.4) is 0 Å². The molecule has 4 aromatic rings. The lowest BCUT2D eigenvalue weighted by molar-refractivity contribution is -0.249. The normalized spacial score (nSPS) is 21.6. The lowest BCUT2D eigenvalue weighted by Crippen LogP contribution is -2.56. The van der Waals surface area contributed by atoms with Crippen LogP contribution in [0.25, 0.3) is 0 Å². The number of unbranched alkanes of at least 4 members (excludes halogenated alkanes) is 4. The fourth-order valence-electron chi connectivity index (χ4n) is 11.3. The number of aliphatic hydroxyl groups excluding tert-OH is 2. The molecule has 8 rings (SSSR count). The second-order valence-electron chi connectivity index (χ2n) is 21.8. The number of imide groups is 1. The molecule has 83 heavy (non-hydrogen) atoms. The highest BCUT2D eigenvalue weighted by Crippen LogP contribution is 2.52. The molecule has 8 N–H and O–H groups in total. The van der Waals surface area contributed by atoms with Gasteiger partial charge in [-0.2, -0.15) is 0 Å². The van der Waals surface area contributed by atoms with Gasteiger partial charge >= 0.3 is 6.09 Å². The first-order valence-electron chi connectivity index (χ1n) is 28.1. The highest BCUT2D eigenvalue weighted by molar-refractivity contribution is 6.31. The van der Waals surface area contributed by atoms with Gasteiger partial charge in [0, 0.05) is 84.7 Å². The summed E-state index contributed by atoms with van der Waals surface area (Å²) in [5.41, 5.74) is -1.65. The van der Waals surface area contributed by atoms with E-state index in [0.29, 0.717) is 48.9 Å². The summed E-state index contributed by atoms with van der Waals surface area (Å²) in [4.78, 5) is 120. The molecule has 0 aromatic heterocycles. The summed E-state index contributed by atoms with van der Waals surface area (Å²) < 4.78 is 17.8. The smallest absolute Gasteiger partial charge is 0.407 e. The first-order chi connectivity index (χ1) is 39.7. The van der Waals surface area contributed by atoms with Crippen molar-refractivity contribution in [3.05, 3.63) is 135 Å². The van der Waals surface area contributed by atoms with Crippen LogP contribution in [0.1, 0.15) is 150 Å². The monoisotopic (exact) mass is 1140 g/mol. The lowest BCUT2D eigenvalue weighted by atomic mass is 9.71. The van der Waals surface area contributed by atoms with E-state index >= 15 is 0 Å². The van der Waals surface area contributed by atoms with Crippen molar-refractivity contribution < 1.29 is 82.9 Å². The molecular weight excluding hydrogens is 1070 g/mol. The molecule has 8 atom stereocenters. The Balaban J connectivity index is 0.876. The maximum atomic E-state index is 14.1. The summed E-state index contributed by atoms with van der Waals surface area (Å²) in [6, 6.07) is 18.3. The van der Waals surface area contributed by atoms with Gasteiger partial charge in [-0.05, 0) is 68.4 Å². The number of phenolic OH excluding ortho intramolecular Hbond substituents is 2. The van der Waals surface area contributed by atoms with Crippen LogP contribution in [0.5, 0.6) is 11.5 Å². The Hall–Kier alpha value is -7.95. The number of amides is 5. The zero-order valence-corrected chi connectivity index (χ0v) is 46.5. The van der Waals surface area contributed by atoms with Gasteiger partial charge in [0.05, 0.1) is 35.4 Å². The number of aliphatic hydroxyl groups is 3. The van der Waals surface area contributed by atoms with Crippen LogP contribution in [-0.2, 0) is 62.4 Å². The number of rotatable bonds is 25. The molecule has 4 aromatic carbocycles. The predicted octanol–water partition coefficient (Wildman–Crippen LogP) is 5.58. The van der Waals surface area contributed by atoms with Crippen LogP contribution < -0.4 is 16.0 Å². The van der Waals surface area contributed by atoms with Gasteiger partial charge in [0.15, 0.2) is 29.4 Å². The standard InChI is InChI=1S/C62H70N4O17/c1-4-5-8-17-38(28-44(68)42(27-36-15-9-6-10-16-36)64-47(70)19-11-7-12-26-66-48(71)24-25-49(66)72)60(78)63-39-22-20-37(21-23-39)33-81-61(79)65-43-29-50(82-35(3)55(43)73)83-45-31-62(80,46(69)32-67)30-41-52(45)59(77)54-53(57(41)75)56(74)40-18-13-14-34(2)51(40)58(54)76/h6,9-10,13-16,18,20-25,35,38,42-43,45,50,55,67,73,75,77,80H,4-5,7-8,11-12,17,19,26-33H2,1-3H3,(H,63,78)(H,64,70)(H,65,79)/t35-,38+,42?,43-,45?,50?,55+,62?/m0/s1. The first-order valence-corrected chi connectivity index (χ1v) is 28.1. The third-order valence-corrected chi connectivity index (χ3v) is 15.8. The fourth-order valence-corrected chi connectivity index (χ4v) is 11.3. The van der Waals surface area contributed by atoms with Gasteiger partial charge in [-0.15, -0.1) is 0 Å². The van der Waals surface area contributed by atoms with Crippen molar-refractivity contribution in [3.8, 4) is 11.5 Å².